The van der Waals surface area contributed by atoms with Gasteiger partial charge in [-0.15, -0.1) is 0 Å². The molecule has 0 bridgehead atoms. The molecule has 0 radical (unpaired) electrons. The molecule has 0 aliphatic carbocycles. The van der Waals surface area contributed by atoms with Crippen molar-refractivity contribution in [1.82, 2.24) is 0 Å². The fourth-order valence-corrected chi connectivity index (χ4v) is 0. The van der Waals surface area contributed by atoms with Gasteiger partial charge in [-0.25, -0.2) is 0 Å². The van der Waals surface area contributed by atoms with Gasteiger partial charge in [-0.05, 0) is 11.8 Å². The summed E-state index contributed by atoms with van der Waals surface area (Å²) in [5.41, 5.74) is 0. The third-order valence-corrected chi connectivity index (χ3v) is 0. The molecule has 0 aromatic heterocycles. The Hall–Kier alpha value is 1.82. The highest BCUT2D eigenvalue weighted by Crippen LogP contribution is 2.26. The van der Waals surface area contributed by atoms with Crippen molar-refractivity contribution in [2.24, 2.45) is 0 Å². The molecule has 0 rings (SSSR count). The molecule has 3 N–H and O–H groups in total. The summed E-state index contributed by atoms with van der Waals surface area (Å²) >= 11 is 3.60. The average molecular weight is 216 g/mol. The van der Waals surface area contributed by atoms with E-state index in [1.807, 2.05) is 0 Å². The maximum absolute atomic E-state index is 7.56. The summed E-state index contributed by atoms with van der Waals surface area (Å²) in [6.07, 6.45) is 0. The van der Waals surface area contributed by atoms with Crippen LogP contribution in [-0.2, 0) is 11.8 Å². The maximum Gasteiger partial charge on any atom is 0.319 e. The molecule has 0 heterocycles. The Kier molecular flexibility index (Phi) is 24.9. The van der Waals surface area contributed by atoms with Crippen LogP contribution in [0.25, 0.3) is 0 Å². The van der Waals surface area contributed by atoms with Crippen LogP contribution in [0.4, 0.5) is 0 Å². The van der Waals surface area contributed by atoms with Crippen molar-refractivity contribution in [3.05, 3.63) is 0 Å². The van der Waals surface area contributed by atoms with Crippen LogP contribution in [0.3, 0.4) is 0 Å². The van der Waals surface area contributed by atoms with Gasteiger partial charge in [0.15, 0.2) is 0 Å². The van der Waals surface area contributed by atoms with Crippen molar-refractivity contribution in [3.63, 3.8) is 0 Å². The molecule has 8 heteroatoms. The molecule has 56 valence electrons. The molecular weight excluding hydrogens is 204 g/mol. The van der Waals surface area contributed by atoms with E-state index in [2.05, 4.69) is 11.8 Å². The van der Waals surface area contributed by atoms with Gasteiger partial charge in [0.25, 0.3) is 0 Å². The first-order valence-electron chi connectivity index (χ1n) is 0.783. The van der Waals surface area contributed by atoms with E-state index in [0.29, 0.717) is 0 Å². The first kappa shape index (κ1) is 22.6. The molecule has 0 saturated heterocycles. The minimum atomic E-state index is -3.81. The zero-order valence-electron chi connectivity index (χ0n) is 4.32. The topological polar surface area (TPSA) is 60.7 Å². The van der Waals surface area contributed by atoms with Crippen LogP contribution in [0, 0.1) is 0 Å². The molecular formula is H12O3P4S. The number of hydrogen-bond donors (Lipinski definition) is 3. The highest BCUT2D eigenvalue weighted by molar-refractivity contribution is 8.06. The predicted octanol–water partition coefficient (Wildman–Crippen LogP) is -0.638. The monoisotopic (exact) mass is 216 g/mol. The van der Waals surface area contributed by atoms with E-state index in [0.717, 1.165) is 0 Å². The van der Waals surface area contributed by atoms with Gasteiger partial charge >= 0.3 is 6.72 Å². The fourth-order valence-electron chi connectivity index (χ4n) is 0. The van der Waals surface area contributed by atoms with Crippen LogP contribution in [0.15, 0.2) is 0 Å². The summed E-state index contributed by atoms with van der Waals surface area (Å²) in [6, 6.07) is 0. The molecule has 0 aromatic rings. The number of rotatable bonds is 0. The smallest absolute Gasteiger partial charge is 0.319 e. The van der Waals surface area contributed by atoms with E-state index in [-0.39, 0.29) is 29.7 Å². The molecule has 0 aliphatic rings. The minimum Gasteiger partial charge on any atom is -0.325 e. The molecule has 0 saturated carbocycles. The lowest BCUT2D eigenvalue weighted by Crippen LogP contribution is -1.65. The van der Waals surface area contributed by atoms with E-state index in [1.54, 1.807) is 0 Å². The van der Waals surface area contributed by atoms with Crippen molar-refractivity contribution in [2.45, 2.75) is 0 Å². The predicted molar refractivity (Wildman–Crippen MR) is 54.3 cm³/mol. The van der Waals surface area contributed by atoms with Crippen molar-refractivity contribution in [1.29, 1.82) is 0 Å². The average Bonchev–Trinajstić information content (AvgIpc) is 0.722. The molecule has 0 aromatic carbocycles. The largest absolute Gasteiger partial charge is 0.325 e. The van der Waals surface area contributed by atoms with Gasteiger partial charge in [0.1, 0.15) is 0 Å². The fraction of sp³-hybridized carbons (Fsp3) is 0. The molecule has 3 atom stereocenters. The van der Waals surface area contributed by atoms with E-state index in [4.69, 9.17) is 14.7 Å². The van der Waals surface area contributed by atoms with Gasteiger partial charge in [-0.1, -0.05) is 0 Å². The van der Waals surface area contributed by atoms with Crippen LogP contribution < -0.4 is 0 Å². The number of hydrogen-bond acceptors (Lipinski definition) is 1. The quantitative estimate of drug-likeness (QED) is 0.471. The second-order valence-electron chi connectivity index (χ2n) is 0.513. The summed E-state index contributed by atoms with van der Waals surface area (Å²) in [6.45, 7) is -3.81. The van der Waals surface area contributed by atoms with Crippen LogP contribution in [-0.4, -0.2) is 14.7 Å². The molecule has 8 heavy (non-hydrogen) atoms. The van der Waals surface area contributed by atoms with E-state index in [1.165, 1.54) is 0 Å². The van der Waals surface area contributed by atoms with Crippen molar-refractivity contribution in [2.75, 3.05) is 0 Å². The van der Waals surface area contributed by atoms with E-state index < -0.39 is 6.72 Å². The highest BCUT2D eigenvalue weighted by atomic mass is 32.5. The second kappa shape index (κ2) is 8.82. The zero-order chi connectivity index (χ0) is 4.50. The Morgan fingerprint density at radius 1 is 0.875 bits per heavy atom. The summed E-state index contributed by atoms with van der Waals surface area (Å²) < 4.78 is 0. The third kappa shape index (κ3) is 110. The van der Waals surface area contributed by atoms with Gasteiger partial charge < -0.3 is 14.7 Å². The summed E-state index contributed by atoms with van der Waals surface area (Å²) in [4.78, 5) is 22.7. The van der Waals surface area contributed by atoms with Crippen LogP contribution >= 0.6 is 36.4 Å². The van der Waals surface area contributed by atoms with Crippen LogP contribution in [0.2, 0.25) is 0 Å². The standard InChI is InChI=1S/H3O3PS.3H3P/c1-4(2,3)5;;;/h(H3,1,2,3,5);3*1H3. The molecule has 0 amide bonds. The van der Waals surface area contributed by atoms with Gasteiger partial charge in [-0.2, -0.15) is 29.7 Å². The van der Waals surface area contributed by atoms with Gasteiger partial charge in [0, 0.05) is 0 Å². The third-order valence-electron chi connectivity index (χ3n) is 0. The Bertz CT molecular complexity index is 57.4. The molecule has 3 nitrogen and oxygen atoms in total. The SMILES string of the molecule is OP(O)(O)=S.P.P.P. The minimum absolute atomic E-state index is 0. The van der Waals surface area contributed by atoms with Crippen LogP contribution in [0.1, 0.15) is 0 Å². The van der Waals surface area contributed by atoms with E-state index in [9.17, 15) is 0 Å². The second-order valence-corrected chi connectivity index (χ2v) is 3.01. The molecule has 0 fully saturated rings. The lowest BCUT2D eigenvalue weighted by Gasteiger charge is -1.88. The first-order valence-corrected chi connectivity index (χ1v) is 3.44. The highest BCUT2D eigenvalue weighted by Gasteiger charge is 1.92. The van der Waals surface area contributed by atoms with Crippen molar-refractivity contribution in [3.8, 4) is 0 Å². The van der Waals surface area contributed by atoms with Crippen molar-refractivity contribution >= 4 is 48.2 Å². The summed E-state index contributed by atoms with van der Waals surface area (Å²) in [5.74, 6) is 0. The van der Waals surface area contributed by atoms with Crippen LogP contribution in [0.5, 0.6) is 0 Å². The molecule has 3 unspecified atom stereocenters. The summed E-state index contributed by atoms with van der Waals surface area (Å²) in [7, 11) is 0. The molecule has 0 spiro atoms. The van der Waals surface area contributed by atoms with Crippen molar-refractivity contribution < 1.29 is 14.7 Å². The normalized spacial score (nSPS) is 7.38. The Labute approximate surface area is 63.4 Å². The van der Waals surface area contributed by atoms with Gasteiger partial charge in [0.05, 0.1) is 0 Å². The zero-order valence-corrected chi connectivity index (χ0v) is 10.3. The lowest BCUT2D eigenvalue weighted by atomic mass is 15.8. The maximum atomic E-state index is 7.56. The lowest BCUT2D eigenvalue weighted by molar-refractivity contribution is 0.363. The van der Waals surface area contributed by atoms with E-state index >= 15 is 0 Å². The first-order chi connectivity index (χ1) is 2.00. The molecule has 0 aliphatic heterocycles. The Morgan fingerprint density at radius 3 is 0.875 bits per heavy atom. The Balaban J connectivity index is -0.0000000267. The van der Waals surface area contributed by atoms with Gasteiger partial charge in [0.2, 0.25) is 0 Å². The Morgan fingerprint density at radius 2 is 0.875 bits per heavy atom. The summed E-state index contributed by atoms with van der Waals surface area (Å²) in [5, 5.41) is 0. The van der Waals surface area contributed by atoms with Gasteiger partial charge in [-0.3, -0.25) is 0 Å².